The average Bonchev–Trinajstić information content (AvgIpc) is 2.63. The molecule has 0 aromatic rings. The van der Waals surface area contributed by atoms with Gasteiger partial charge in [0.15, 0.2) is 0 Å². The van der Waals surface area contributed by atoms with Crippen LogP contribution in [0.25, 0.3) is 0 Å². The smallest absolute Gasteiger partial charge is 0.281 e. The van der Waals surface area contributed by atoms with Gasteiger partial charge in [0.05, 0.1) is 0 Å². The van der Waals surface area contributed by atoms with E-state index in [-0.39, 0.29) is 12.4 Å². The number of halogens is 1. The van der Waals surface area contributed by atoms with E-state index in [0.29, 0.717) is 25.0 Å². The third kappa shape index (κ3) is 2.51. The molecule has 0 spiro atoms. The third-order valence-corrected chi connectivity index (χ3v) is 5.31. The van der Waals surface area contributed by atoms with Crippen LogP contribution in [0.5, 0.6) is 0 Å². The molecule has 2 saturated heterocycles. The first-order valence-corrected chi connectivity index (χ1v) is 6.82. The van der Waals surface area contributed by atoms with E-state index < -0.39 is 10.2 Å². The number of rotatable bonds is 2. The molecule has 96 valence electrons. The molecule has 16 heavy (non-hydrogen) atoms. The van der Waals surface area contributed by atoms with Gasteiger partial charge in [-0.1, -0.05) is 0 Å². The maximum absolute atomic E-state index is 11.9. The number of piperidine rings is 1. The maximum atomic E-state index is 11.9. The van der Waals surface area contributed by atoms with Gasteiger partial charge in [-0.3, -0.25) is 0 Å². The predicted octanol–water partition coefficient (Wildman–Crippen LogP) is -0.102. The van der Waals surface area contributed by atoms with Crippen LogP contribution in [-0.2, 0) is 10.2 Å². The summed E-state index contributed by atoms with van der Waals surface area (Å²) < 4.78 is 26.7. The van der Waals surface area contributed by atoms with E-state index in [1.54, 1.807) is 18.4 Å². The van der Waals surface area contributed by atoms with Crippen LogP contribution >= 0.6 is 12.4 Å². The molecule has 0 amide bonds. The summed E-state index contributed by atoms with van der Waals surface area (Å²) in [6.45, 7) is 2.36. The van der Waals surface area contributed by atoms with Gasteiger partial charge in [0.25, 0.3) is 10.2 Å². The summed E-state index contributed by atoms with van der Waals surface area (Å²) in [7, 11) is -0.0165. The molecule has 2 aliphatic rings. The molecule has 0 saturated carbocycles. The molecule has 7 heteroatoms. The van der Waals surface area contributed by atoms with E-state index in [2.05, 4.69) is 5.32 Å². The minimum atomic E-state index is -3.20. The van der Waals surface area contributed by atoms with E-state index in [4.69, 9.17) is 0 Å². The first kappa shape index (κ1) is 14.2. The Morgan fingerprint density at radius 2 is 2.00 bits per heavy atom. The highest BCUT2D eigenvalue weighted by atomic mass is 35.5. The standard InChI is InChI=1S/C9H19N3O2S.ClH/c1-11(2)15(13,14)12-6-4-9-8(7-12)3-5-10-9;/h8-10H,3-7H2,1-2H3;1H. The Hall–Kier alpha value is 0.120. The minimum absolute atomic E-state index is 0. The van der Waals surface area contributed by atoms with Gasteiger partial charge in [0.2, 0.25) is 0 Å². The zero-order valence-electron chi connectivity index (χ0n) is 9.72. The molecule has 0 bridgehead atoms. The van der Waals surface area contributed by atoms with Crippen molar-refractivity contribution in [2.45, 2.75) is 18.9 Å². The van der Waals surface area contributed by atoms with Crippen molar-refractivity contribution in [1.29, 1.82) is 0 Å². The topological polar surface area (TPSA) is 52.7 Å². The molecule has 5 nitrogen and oxygen atoms in total. The van der Waals surface area contributed by atoms with Gasteiger partial charge in [0, 0.05) is 33.2 Å². The third-order valence-electron chi connectivity index (χ3n) is 3.41. The number of fused-ring (bicyclic) bond motifs is 1. The van der Waals surface area contributed by atoms with Gasteiger partial charge >= 0.3 is 0 Å². The molecular formula is C9H20ClN3O2S. The summed E-state index contributed by atoms with van der Waals surface area (Å²) in [5, 5.41) is 3.42. The first-order valence-electron chi connectivity index (χ1n) is 5.43. The molecule has 2 fully saturated rings. The van der Waals surface area contributed by atoms with E-state index in [9.17, 15) is 8.42 Å². The second-order valence-corrected chi connectivity index (χ2v) is 6.69. The molecule has 0 aromatic heterocycles. The molecule has 2 rings (SSSR count). The number of hydrogen-bond donors (Lipinski definition) is 1. The van der Waals surface area contributed by atoms with Crippen molar-refractivity contribution >= 4 is 22.6 Å². The molecule has 2 aliphatic heterocycles. The Labute approximate surface area is 104 Å². The lowest BCUT2D eigenvalue weighted by atomic mass is 9.95. The Balaban J connectivity index is 0.00000128. The van der Waals surface area contributed by atoms with Crippen LogP contribution < -0.4 is 5.32 Å². The first-order chi connectivity index (χ1) is 7.01. The van der Waals surface area contributed by atoms with Crippen molar-refractivity contribution in [3.05, 3.63) is 0 Å². The largest absolute Gasteiger partial charge is 0.314 e. The average molecular weight is 270 g/mol. The molecule has 0 aliphatic carbocycles. The van der Waals surface area contributed by atoms with Crippen LogP contribution in [0.15, 0.2) is 0 Å². The summed E-state index contributed by atoms with van der Waals surface area (Å²) in [5.41, 5.74) is 0. The van der Waals surface area contributed by atoms with Crippen molar-refractivity contribution in [3.8, 4) is 0 Å². The van der Waals surface area contributed by atoms with Crippen molar-refractivity contribution < 1.29 is 8.42 Å². The van der Waals surface area contributed by atoms with E-state index in [1.807, 2.05) is 0 Å². The Kier molecular flexibility index (Phi) is 4.59. The van der Waals surface area contributed by atoms with E-state index in [1.165, 1.54) is 4.31 Å². The summed E-state index contributed by atoms with van der Waals surface area (Å²) in [6, 6.07) is 0.540. The van der Waals surface area contributed by atoms with Gasteiger partial charge in [-0.2, -0.15) is 17.0 Å². The molecule has 0 aromatic carbocycles. The Bertz CT molecular complexity index is 334. The van der Waals surface area contributed by atoms with E-state index in [0.717, 1.165) is 19.4 Å². The second kappa shape index (κ2) is 5.18. The number of nitrogens with one attached hydrogen (secondary N) is 1. The molecule has 2 atom stereocenters. The van der Waals surface area contributed by atoms with Crippen molar-refractivity contribution in [3.63, 3.8) is 0 Å². The highest BCUT2D eigenvalue weighted by Gasteiger charge is 2.37. The monoisotopic (exact) mass is 269 g/mol. The lowest BCUT2D eigenvalue weighted by molar-refractivity contribution is 0.237. The van der Waals surface area contributed by atoms with E-state index >= 15 is 0 Å². The Morgan fingerprint density at radius 3 is 2.62 bits per heavy atom. The number of hydrogen-bond acceptors (Lipinski definition) is 3. The van der Waals surface area contributed by atoms with Gasteiger partial charge in [-0.25, -0.2) is 0 Å². The minimum Gasteiger partial charge on any atom is -0.314 e. The Morgan fingerprint density at radius 1 is 1.31 bits per heavy atom. The van der Waals surface area contributed by atoms with Gasteiger partial charge in [-0.15, -0.1) is 12.4 Å². The fourth-order valence-corrected chi connectivity index (χ4v) is 3.63. The highest BCUT2D eigenvalue weighted by Crippen LogP contribution is 2.26. The fourth-order valence-electron chi connectivity index (χ4n) is 2.45. The van der Waals surface area contributed by atoms with Crippen LogP contribution in [0.4, 0.5) is 0 Å². The molecule has 0 radical (unpaired) electrons. The van der Waals surface area contributed by atoms with Gasteiger partial charge < -0.3 is 5.32 Å². The summed E-state index contributed by atoms with van der Waals surface area (Å²) in [5.74, 6) is 0.508. The zero-order valence-corrected chi connectivity index (χ0v) is 11.4. The number of nitrogens with zero attached hydrogens (tertiary/aromatic N) is 2. The second-order valence-electron chi connectivity index (χ2n) is 4.55. The zero-order chi connectivity index (χ0) is 11.1. The summed E-state index contributed by atoms with van der Waals surface area (Å²) in [4.78, 5) is 0. The van der Waals surface area contributed by atoms with Crippen LogP contribution in [0, 0.1) is 5.92 Å². The normalized spacial score (nSPS) is 31.2. The van der Waals surface area contributed by atoms with Gasteiger partial charge in [0.1, 0.15) is 0 Å². The SMILES string of the molecule is CN(C)S(=O)(=O)N1CCC2NCCC2C1.Cl. The lowest BCUT2D eigenvalue weighted by Crippen LogP contribution is -2.50. The van der Waals surface area contributed by atoms with Crippen molar-refractivity contribution in [2.24, 2.45) is 5.92 Å². The highest BCUT2D eigenvalue weighted by molar-refractivity contribution is 7.86. The van der Waals surface area contributed by atoms with Crippen LogP contribution in [0.2, 0.25) is 0 Å². The fraction of sp³-hybridized carbons (Fsp3) is 1.00. The summed E-state index contributed by atoms with van der Waals surface area (Å²) in [6.07, 6.45) is 2.04. The molecule has 2 unspecified atom stereocenters. The predicted molar refractivity (Wildman–Crippen MR) is 65.9 cm³/mol. The molecular weight excluding hydrogens is 250 g/mol. The summed E-state index contributed by atoms with van der Waals surface area (Å²) >= 11 is 0. The van der Waals surface area contributed by atoms with Crippen LogP contribution in [0.3, 0.4) is 0 Å². The van der Waals surface area contributed by atoms with Crippen molar-refractivity contribution in [2.75, 3.05) is 33.7 Å². The van der Waals surface area contributed by atoms with Gasteiger partial charge in [-0.05, 0) is 25.3 Å². The lowest BCUT2D eigenvalue weighted by Gasteiger charge is -2.35. The van der Waals surface area contributed by atoms with Crippen LogP contribution in [0.1, 0.15) is 12.8 Å². The van der Waals surface area contributed by atoms with Crippen molar-refractivity contribution in [1.82, 2.24) is 13.9 Å². The van der Waals surface area contributed by atoms with Crippen LogP contribution in [-0.4, -0.2) is 56.8 Å². The maximum Gasteiger partial charge on any atom is 0.281 e. The molecule has 2 heterocycles. The quantitative estimate of drug-likeness (QED) is 0.762. The molecule has 1 N–H and O–H groups in total.